The van der Waals surface area contributed by atoms with E-state index in [1.807, 2.05) is 0 Å². The molecule has 0 saturated heterocycles. The molecule has 1 aromatic carbocycles. The molecule has 0 spiro atoms. The Labute approximate surface area is 179 Å². The van der Waals surface area contributed by atoms with E-state index in [9.17, 15) is 83.4 Å². The van der Waals surface area contributed by atoms with Crippen LogP contribution in [0, 0.1) is 0 Å². The monoisotopic (exact) mass is 562 g/mol. The summed E-state index contributed by atoms with van der Waals surface area (Å²) >= 11 is 0. The molecule has 1 N–H and O–H groups in total. The molecule has 0 atom stereocenters. The average molecular weight is 562 g/mol. The van der Waals surface area contributed by atoms with Crippen LogP contribution in [-0.4, -0.2) is 52.7 Å². The Morgan fingerprint density at radius 2 is 0.629 bits per heavy atom. The van der Waals surface area contributed by atoms with Crippen molar-refractivity contribution in [2.24, 2.45) is 0 Å². The van der Waals surface area contributed by atoms with Crippen molar-refractivity contribution >= 4 is 0 Å². The second-order valence-electron chi connectivity index (χ2n) is 6.64. The van der Waals surface area contributed by atoms with Gasteiger partial charge in [0.1, 0.15) is 5.75 Å². The SMILES string of the molecule is Oc1ccc(C(F)(F)C(F)(F)C(F)(F)C(F)(F)C(F)(F)C(F)(F)C(F)(F)C(F)(F)C(F)(F)F)cc1. The van der Waals surface area contributed by atoms with E-state index in [0.29, 0.717) is 0 Å². The summed E-state index contributed by atoms with van der Waals surface area (Å²) in [6, 6.07) is -0.721. The molecule has 1 nitrogen and oxygen atoms in total. The van der Waals surface area contributed by atoms with Crippen LogP contribution in [0.2, 0.25) is 0 Å². The van der Waals surface area contributed by atoms with Gasteiger partial charge >= 0.3 is 53.6 Å². The smallest absolute Gasteiger partial charge is 0.460 e. The van der Waals surface area contributed by atoms with Crippen LogP contribution >= 0.6 is 0 Å². The Morgan fingerprint density at radius 1 is 0.371 bits per heavy atom. The van der Waals surface area contributed by atoms with Crippen LogP contribution in [0.1, 0.15) is 5.56 Å². The first-order valence-corrected chi connectivity index (χ1v) is 7.89. The Bertz CT molecular complexity index is 911. The fraction of sp³-hybridized carbons (Fsp3) is 0.600. The van der Waals surface area contributed by atoms with Gasteiger partial charge in [-0.3, -0.25) is 0 Å². The van der Waals surface area contributed by atoms with Gasteiger partial charge in [-0.2, -0.15) is 83.4 Å². The van der Waals surface area contributed by atoms with Gasteiger partial charge < -0.3 is 5.11 Å². The van der Waals surface area contributed by atoms with Crippen molar-refractivity contribution in [1.82, 2.24) is 0 Å². The lowest BCUT2D eigenvalue weighted by Crippen LogP contribution is -2.75. The molecule has 0 bridgehead atoms. The van der Waals surface area contributed by atoms with Gasteiger partial charge in [-0.25, -0.2) is 0 Å². The maximum atomic E-state index is 13.9. The van der Waals surface area contributed by atoms with Crippen LogP contribution in [0.4, 0.5) is 83.4 Å². The minimum atomic E-state index is -8.95. The summed E-state index contributed by atoms with van der Waals surface area (Å²) in [5, 5.41) is 8.81. The molecule has 0 saturated carbocycles. The molecule has 0 radical (unpaired) electrons. The topological polar surface area (TPSA) is 20.2 Å². The number of alkyl halides is 19. The molecule has 1 aromatic rings. The largest absolute Gasteiger partial charge is 0.508 e. The first-order valence-electron chi connectivity index (χ1n) is 7.89. The van der Waals surface area contributed by atoms with E-state index in [2.05, 4.69) is 0 Å². The van der Waals surface area contributed by atoms with Crippen molar-refractivity contribution in [2.75, 3.05) is 0 Å². The molecular weight excluding hydrogens is 557 g/mol. The third-order valence-corrected chi connectivity index (χ3v) is 4.35. The van der Waals surface area contributed by atoms with Gasteiger partial charge in [-0.1, -0.05) is 0 Å². The van der Waals surface area contributed by atoms with Crippen molar-refractivity contribution < 1.29 is 88.5 Å². The third kappa shape index (κ3) is 3.80. The number of hydrogen-bond acceptors (Lipinski definition) is 1. The molecule has 35 heavy (non-hydrogen) atoms. The van der Waals surface area contributed by atoms with Crippen LogP contribution in [0.3, 0.4) is 0 Å². The van der Waals surface area contributed by atoms with Crippen molar-refractivity contribution in [3.05, 3.63) is 29.8 Å². The second kappa shape index (κ2) is 7.84. The van der Waals surface area contributed by atoms with E-state index in [-0.39, 0.29) is 24.3 Å². The lowest BCUT2D eigenvalue weighted by atomic mass is 9.86. The van der Waals surface area contributed by atoms with E-state index < -0.39 is 64.9 Å². The van der Waals surface area contributed by atoms with E-state index in [4.69, 9.17) is 5.11 Å². The Morgan fingerprint density at radius 3 is 0.914 bits per heavy atom. The van der Waals surface area contributed by atoms with Gasteiger partial charge in [0.05, 0.1) is 0 Å². The van der Waals surface area contributed by atoms with Crippen molar-refractivity contribution in [2.45, 2.75) is 53.6 Å². The highest BCUT2D eigenvalue weighted by Crippen LogP contribution is 2.66. The van der Waals surface area contributed by atoms with Crippen LogP contribution < -0.4 is 0 Å². The number of phenolic OH excluding ortho intramolecular Hbond substituents is 1. The molecule has 0 fully saturated rings. The van der Waals surface area contributed by atoms with Crippen LogP contribution in [0.5, 0.6) is 5.75 Å². The molecule has 0 aliphatic rings. The molecule has 20 heteroatoms. The zero-order valence-electron chi connectivity index (χ0n) is 15.4. The molecule has 204 valence electrons. The lowest BCUT2D eigenvalue weighted by Gasteiger charge is -2.43. The Balaban J connectivity index is 3.76. The maximum absolute atomic E-state index is 13.9. The molecule has 0 amide bonds. The lowest BCUT2D eigenvalue weighted by molar-refractivity contribution is -0.469. The quantitative estimate of drug-likeness (QED) is 0.326. The summed E-state index contributed by atoms with van der Waals surface area (Å²) in [5.41, 5.74) is -2.47. The first-order chi connectivity index (χ1) is 15.0. The molecule has 0 unspecified atom stereocenters. The zero-order valence-corrected chi connectivity index (χ0v) is 15.4. The van der Waals surface area contributed by atoms with E-state index >= 15 is 0 Å². The summed E-state index contributed by atoms with van der Waals surface area (Å²) < 4.78 is 251. The molecule has 0 aliphatic carbocycles. The molecule has 0 heterocycles. The van der Waals surface area contributed by atoms with E-state index in [1.165, 1.54) is 0 Å². The van der Waals surface area contributed by atoms with Gasteiger partial charge in [0.15, 0.2) is 0 Å². The van der Waals surface area contributed by atoms with Gasteiger partial charge in [0.25, 0.3) is 0 Å². The van der Waals surface area contributed by atoms with Crippen molar-refractivity contribution in [3.63, 3.8) is 0 Å². The predicted octanol–water partition coefficient (Wildman–Crippen LogP) is 7.49. The fourth-order valence-corrected chi connectivity index (χ4v) is 2.21. The van der Waals surface area contributed by atoms with Gasteiger partial charge in [-0.05, 0) is 24.3 Å². The number of halogens is 19. The van der Waals surface area contributed by atoms with Crippen LogP contribution in [0.15, 0.2) is 24.3 Å². The average Bonchev–Trinajstić information content (AvgIpc) is 2.66. The van der Waals surface area contributed by atoms with E-state index in [1.54, 1.807) is 0 Å². The highest BCUT2D eigenvalue weighted by atomic mass is 19.4. The minimum absolute atomic E-state index is 0.0259. The summed E-state index contributed by atoms with van der Waals surface area (Å²) in [4.78, 5) is 0. The summed E-state index contributed by atoms with van der Waals surface area (Å²) in [6.07, 6.45) is -7.91. The van der Waals surface area contributed by atoms with E-state index in [0.717, 1.165) is 0 Å². The van der Waals surface area contributed by atoms with Crippen LogP contribution in [0.25, 0.3) is 0 Å². The molecule has 0 aliphatic heterocycles. The van der Waals surface area contributed by atoms with Gasteiger partial charge in [-0.15, -0.1) is 0 Å². The minimum Gasteiger partial charge on any atom is -0.508 e. The predicted molar refractivity (Wildman–Crippen MR) is 72.7 cm³/mol. The molecule has 1 rings (SSSR count). The highest BCUT2D eigenvalue weighted by molar-refractivity contribution is 5.31. The Kier molecular flexibility index (Phi) is 6.88. The van der Waals surface area contributed by atoms with Crippen LogP contribution in [-0.2, 0) is 5.92 Å². The summed E-state index contributed by atoms with van der Waals surface area (Å²) in [5.74, 6) is -68.0. The molecular formula is C15H5F19O. The summed E-state index contributed by atoms with van der Waals surface area (Å²) in [6.45, 7) is 0. The van der Waals surface area contributed by atoms with Gasteiger partial charge in [0.2, 0.25) is 0 Å². The zero-order chi connectivity index (χ0) is 28.5. The number of benzene rings is 1. The number of hydrogen-bond donors (Lipinski definition) is 1. The highest BCUT2D eigenvalue weighted by Gasteiger charge is 2.96. The molecule has 0 aromatic heterocycles. The normalized spacial score (nSPS) is 16.0. The van der Waals surface area contributed by atoms with Crippen molar-refractivity contribution in [3.8, 4) is 5.75 Å². The number of rotatable bonds is 8. The van der Waals surface area contributed by atoms with Gasteiger partial charge in [0, 0.05) is 5.56 Å². The standard InChI is InChI=1S/C15H5F19O/c16-7(17,5-1-3-6(35)4-2-5)8(18,19)9(20,21)10(22,23)11(24,25)12(26,27)13(28,29)14(30,31)15(32,33)34/h1-4,35H. The summed E-state index contributed by atoms with van der Waals surface area (Å²) in [7, 11) is 0. The van der Waals surface area contributed by atoms with Crippen molar-refractivity contribution in [1.29, 1.82) is 0 Å². The number of aromatic hydroxyl groups is 1. The fourth-order valence-electron chi connectivity index (χ4n) is 2.21. The second-order valence-corrected chi connectivity index (χ2v) is 6.64. The number of phenols is 1. The Hall–Kier alpha value is -2.31. The third-order valence-electron chi connectivity index (χ3n) is 4.35. The first kappa shape index (κ1) is 30.7. The maximum Gasteiger partial charge on any atom is 0.460 e.